The van der Waals surface area contributed by atoms with Crippen LogP contribution in [0.25, 0.3) is 6.08 Å². The van der Waals surface area contributed by atoms with E-state index in [1.54, 1.807) is 36.4 Å². The zero-order valence-corrected chi connectivity index (χ0v) is 13.2. The molecule has 0 spiro atoms. The zero-order chi connectivity index (χ0) is 16.8. The van der Waals surface area contributed by atoms with E-state index in [-0.39, 0.29) is 23.7 Å². The number of phenols is 1. The van der Waals surface area contributed by atoms with Gasteiger partial charge in [-0.25, -0.2) is 0 Å². The number of Topliss-reactive ketones (excluding diaryl/α,β-unsaturated/α-hetero) is 1. The van der Waals surface area contributed by atoms with Crippen molar-refractivity contribution in [2.75, 3.05) is 7.11 Å². The number of ketones is 2. The van der Waals surface area contributed by atoms with Crippen LogP contribution in [-0.4, -0.2) is 23.8 Å². The number of hydrogen-bond donors (Lipinski definition) is 1. The van der Waals surface area contributed by atoms with Crippen molar-refractivity contribution in [2.24, 2.45) is 0 Å². The van der Waals surface area contributed by atoms with Crippen molar-refractivity contribution in [1.82, 2.24) is 0 Å². The fraction of sp³-hybridized carbons (Fsp3) is 0.111. The summed E-state index contributed by atoms with van der Waals surface area (Å²) in [5.41, 5.74) is 1.09. The van der Waals surface area contributed by atoms with Gasteiger partial charge in [0.05, 0.1) is 13.5 Å². The molecule has 0 heterocycles. The van der Waals surface area contributed by atoms with Gasteiger partial charge in [0.25, 0.3) is 0 Å². The van der Waals surface area contributed by atoms with Gasteiger partial charge in [0.1, 0.15) is 0 Å². The molecule has 0 aromatic heterocycles. The van der Waals surface area contributed by atoms with E-state index in [2.05, 4.69) is 0 Å². The number of carbonyl (C=O) groups excluding carboxylic acids is 2. The Kier molecular flexibility index (Phi) is 5.55. The molecule has 0 amide bonds. The van der Waals surface area contributed by atoms with E-state index >= 15 is 0 Å². The van der Waals surface area contributed by atoms with Crippen molar-refractivity contribution >= 4 is 29.2 Å². The normalized spacial score (nSPS) is 10.7. The Bertz CT molecular complexity index is 765. The van der Waals surface area contributed by atoms with Crippen molar-refractivity contribution in [2.45, 2.75) is 6.42 Å². The van der Waals surface area contributed by atoms with Gasteiger partial charge >= 0.3 is 0 Å². The average molecular weight is 331 g/mol. The quantitative estimate of drug-likeness (QED) is 0.495. The minimum atomic E-state index is -0.318. The van der Waals surface area contributed by atoms with Crippen molar-refractivity contribution in [3.63, 3.8) is 0 Å². The predicted octanol–water partition coefficient (Wildman–Crippen LogP) is 3.91. The highest BCUT2D eigenvalue weighted by molar-refractivity contribution is 6.31. The third-order valence-electron chi connectivity index (χ3n) is 3.15. The monoisotopic (exact) mass is 330 g/mol. The van der Waals surface area contributed by atoms with Gasteiger partial charge < -0.3 is 9.84 Å². The number of methoxy groups -OCH3 is 1. The lowest BCUT2D eigenvalue weighted by atomic mass is 10.1. The van der Waals surface area contributed by atoms with E-state index < -0.39 is 0 Å². The molecule has 0 radical (unpaired) electrons. The van der Waals surface area contributed by atoms with Crippen molar-refractivity contribution in [3.05, 3.63) is 64.7 Å². The van der Waals surface area contributed by atoms with Crippen LogP contribution in [0.1, 0.15) is 22.3 Å². The number of halogens is 1. The topological polar surface area (TPSA) is 63.6 Å². The van der Waals surface area contributed by atoms with Crippen LogP contribution in [0.4, 0.5) is 0 Å². The number of carbonyl (C=O) groups is 2. The summed E-state index contributed by atoms with van der Waals surface area (Å²) in [6.45, 7) is 0. The van der Waals surface area contributed by atoms with Gasteiger partial charge in [-0.3, -0.25) is 9.59 Å². The number of phenolic OH excluding ortho intramolecular Hbond substituents is 1. The van der Waals surface area contributed by atoms with Gasteiger partial charge in [-0.1, -0.05) is 35.9 Å². The molecule has 23 heavy (non-hydrogen) atoms. The molecule has 0 bridgehead atoms. The van der Waals surface area contributed by atoms with Gasteiger partial charge in [0, 0.05) is 10.6 Å². The molecular weight excluding hydrogens is 316 g/mol. The molecule has 118 valence electrons. The molecule has 0 atom stereocenters. The summed E-state index contributed by atoms with van der Waals surface area (Å²) in [6, 6.07) is 11.2. The lowest BCUT2D eigenvalue weighted by Gasteiger charge is -2.03. The Hall–Kier alpha value is -2.59. The number of benzene rings is 2. The van der Waals surface area contributed by atoms with Crippen LogP contribution < -0.4 is 4.74 Å². The SMILES string of the molecule is COc1cc(/C=C/C(=O)CC(=O)c2cccc(Cl)c2)ccc1O. The smallest absolute Gasteiger partial charge is 0.170 e. The number of ether oxygens (including phenoxy) is 1. The van der Waals surface area contributed by atoms with Crippen molar-refractivity contribution in [3.8, 4) is 11.5 Å². The Balaban J connectivity index is 2.03. The van der Waals surface area contributed by atoms with E-state index in [1.165, 1.54) is 25.3 Å². The highest BCUT2D eigenvalue weighted by Crippen LogP contribution is 2.26. The molecule has 0 saturated carbocycles. The average Bonchev–Trinajstić information content (AvgIpc) is 2.54. The van der Waals surface area contributed by atoms with Gasteiger partial charge in [-0.05, 0) is 35.9 Å². The van der Waals surface area contributed by atoms with E-state index in [0.29, 0.717) is 21.9 Å². The van der Waals surface area contributed by atoms with Crippen molar-refractivity contribution in [1.29, 1.82) is 0 Å². The third kappa shape index (κ3) is 4.69. The second kappa shape index (κ2) is 7.61. The number of aromatic hydroxyl groups is 1. The summed E-state index contributed by atoms with van der Waals surface area (Å²) >= 11 is 5.82. The van der Waals surface area contributed by atoms with Gasteiger partial charge in [0.15, 0.2) is 23.1 Å². The number of hydrogen-bond acceptors (Lipinski definition) is 4. The molecule has 1 N–H and O–H groups in total. The van der Waals surface area contributed by atoms with Crippen LogP contribution in [0.5, 0.6) is 11.5 Å². The first kappa shape index (κ1) is 16.8. The molecule has 0 saturated heterocycles. The highest BCUT2D eigenvalue weighted by Gasteiger charge is 2.10. The summed E-state index contributed by atoms with van der Waals surface area (Å²) in [7, 11) is 1.44. The molecule has 0 fully saturated rings. The standard InChI is InChI=1S/C18H15ClO4/c1-23-18-9-12(6-8-16(18)21)5-7-15(20)11-17(22)13-3-2-4-14(19)10-13/h2-10,21H,11H2,1H3/b7-5+. The minimum Gasteiger partial charge on any atom is -0.504 e. The molecule has 0 aliphatic carbocycles. The maximum Gasteiger partial charge on any atom is 0.170 e. The summed E-state index contributed by atoms with van der Waals surface area (Å²) in [5.74, 6) is -0.269. The van der Waals surface area contributed by atoms with Gasteiger partial charge in [0.2, 0.25) is 0 Å². The second-order valence-electron chi connectivity index (χ2n) is 4.84. The first-order valence-electron chi connectivity index (χ1n) is 6.86. The molecule has 0 unspecified atom stereocenters. The fourth-order valence-corrected chi connectivity index (χ4v) is 2.16. The molecular formula is C18H15ClO4. The first-order chi connectivity index (χ1) is 11.0. The maximum atomic E-state index is 12.0. The maximum absolute atomic E-state index is 12.0. The van der Waals surface area contributed by atoms with Gasteiger partial charge in [-0.15, -0.1) is 0 Å². The molecule has 4 nitrogen and oxygen atoms in total. The second-order valence-corrected chi connectivity index (χ2v) is 5.28. The largest absolute Gasteiger partial charge is 0.504 e. The van der Waals surface area contributed by atoms with Crippen LogP contribution in [0.15, 0.2) is 48.5 Å². The predicted molar refractivity (Wildman–Crippen MR) is 89.1 cm³/mol. The summed E-state index contributed by atoms with van der Waals surface area (Å²) in [5, 5.41) is 9.96. The minimum absolute atomic E-state index is 0.0205. The number of rotatable bonds is 6. The lowest BCUT2D eigenvalue weighted by Crippen LogP contribution is -2.05. The van der Waals surface area contributed by atoms with E-state index in [1.807, 2.05) is 0 Å². The van der Waals surface area contributed by atoms with Crippen LogP contribution >= 0.6 is 11.6 Å². The zero-order valence-electron chi connectivity index (χ0n) is 12.5. The summed E-state index contributed by atoms with van der Waals surface area (Å²) < 4.78 is 4.99. The van der Waals surface area contributed by atoms with Crippen molar-refractivity contribution < 1.29 is 19.4 Å². The first-order valence-corrected chi connectivity index (χ1v) is 7.24. The Morgan fingerprint density at radius 3 is 2.70 bits per heavy atom. The lowest BCUT2D eigenvalue weighted by molar-refractivity contribution is -0.113. The molecule has 5 heteroatoms. The van der Waals surface area contributed by atoms with Crippen LogP contribution in [0.3, 0.4) is 0 Å². The van der Waals surface area contributed by atoms with E-state index in [0.717, 1.165) is 0 Å². The molecule has 0 aliphatic rings. The third-order valence-corrected chi connectivity index (χ3v) is 3.38. The Morgan fingerprint density at radius 1 is 1.22 bits per heavy atom. The van der Waals surface area contributed by atoms with Gasteiger partial charge in [-0.2, -0.15) is 0 Å². The van der Waals surface area contributed by atoms with Crippen LogP contribution in [0, 0.1) is 0 Å². The van der Waals surface area contributed by atoms with Crippen LogP contribution in [0.2, 0.25) is 5.02 Å². The van der Waals surface area contributed by atoms with E-state index in [4.69, 9.17) is 16.3 Å². The molecule has 2 aromatic carbocycles. The van der Waals surface area contributed by atoms with Crippen LogP contribution in [-0.2, 0) is 4.79 Å². The summed E-state index contributed by atoms with van der Waals surface area (Å²) in [4.78, 5) is 23.9. The highest BCUT2D eigenvalue weighted by atomic mass is 35.5. The Morgan fingerprint density at radius 2 is 2.00 bits per heavy atom. The summed E-state index contributed by atoms with van der Waals surface area (Å²) in [6.07, 6.45) is 2.66. The molecule has 2 rings (SSSR count). The number of allylic oxidation sites excluding steroid dienone is 1. The van der Waals surface area contributed by atoms with E-state index in [9.17, 15) is 14.7 Å². The molecule has 2 aromatic rings. The fourth-order valence-electron chi connectivity index (χ4n) is 1.97. The Labute approximate surface area is 139 Å². The molecule has 0 aliphatic heterocycles.